The topological polar surface area (TPSA) is 37.8 Å². The number of nitrogens with zero attached hydrogens (tertiary/aromatic N) is 2. The first kappa shape index (κ1) is 12.7. The first-order chi connectivity index (χ1) is 7.42. The third-order valence-corrected chi connectivity index (χ3v) is 2.28. The SMILES string of the molecule is CCC(C)c1cc(NCC(F)(F)F)ncn1. The van der Waals surface area contributed by atoms with Gasteiger partial charge in [-0.25, -0.2) is 9.97 Å². The highest BCUT2D eigenvalue weighted by Gasteiger charge is 2.26. The Labute approximate surface area is 92.1 Å². The van der Waals surface area contributed by atoms with Gasteiger partial charge < -0.3 is 5.32 Å². The first-order valence-corrected chi connectivity index (χ1v) is 5.05. The maximum absolute atomic E-state index is 12.0. The van der Waals surface area contributed by atoms with Crippen LogP contribution in [0.1, 0.15) is 31.9 Å². The van der Waals surface area contributed by atoms with Crippen molar-refractivity contribution in [2.75, 3.05) is 11.9 Å². The molecular weight excluding hydrogens is 219 g/mol. The van der Waals surface area contributed by atoms with Crippen LogP contribution in [0.2, 0.25) is 0 Å². The minimum Gasteiger partial charge on any atom is -0.361 e. The summed E-state index contributed by atoms with van der Waals surface area (Å²) in [7, 11) is 0. The molecule has 0 amide bonds. The number of aromatic nitrogens is 2. The van der Waals surface area contributed by atoms with Crippen molar-refractivity contribution in [1.29, 1.82) is 0 Å². The van der Waals surface area contributed by atoms with Crippen LogP contribution in [0.4, 0.5) is 19.0 Å². The van der Waals surface area contributed by atoms with E-state index in [9.17, 15) is 13.2 Å². The van der Waals surface area contributed by atoms with Crippen molar-refractivity contribution in [3.63, 3.8) is 0 Å². The molecule has 0 aromatic carbocycles. The average molecular weight is 233 g/mol. The number of halogens is 3. The number of nitrogens with one attached hydrogen (secondary N) is 1. The molecule has 0 bridgehead atoms. The molecule has 0 radical (unpaired) electrons. The van der Waals surface area contributed by atoms with Gasteiger partial charge in [0.2, 0.25) is 0 Å². The lowest BCUT2D eigenvalue weighted by Crippen LogP contribution is -2.22. The predicted octanol–water partition coefficient (Wildman–Crippen LogP) is 2.96. The fourth-order valence-electron chi connectivity index (χ4n) is 1.14. The van der Waals surface area contributed by atoms with Crippen LogP contribution < -0.4 is 5.32 Å². The van der Waals surface area contributed by atoms with Gasteiger partial charge in [-0.05, 0) is 12.3 Å². The van der Waals surface area contributed by atoms with E-state index in [0.717, 1.165) is 12.1 Å². The van der Waals surface area contributed by atoms with E-state index in [1.54, 1.807) is 6.07 Å². The zero-order chi connectivity index (χ0) is 12.2. The minimum atomic E-state index is -4.23. The molecule has 1 rings (SSSR count). The van der Waals surface area contributed by atoms with E-state index < -0.39 is 12.7 Å². The lowest BCUT2D eigenvalue weighted by molar-refractivity contribution is -0.115. The maximum atomic E-state index is 12.0. The van der Waals surface area contributed by atoms with E-state index in [1.165, 1.54) is 6.33 Å². The van der Waals surface area contributed by atoms with Gasteiger partial charge in [0.25, 0.3) is 0 Å². The van der Waals surface area contributed by atoms with Crippen molar-refractivity contribution >= 4 is 5.82 Å². The van der Waals surface area contributed by atoms with Gasteiger partial charge in [0.05, 0.1) is 0 Å². The maximum Gasteiger partial charge on any atom is 0.405 e. The zero-order valence-electron chi connectivity index (χ0n) is 9.17. The Hall–Kier alpha value is -1.33. The molecule has 1 aromatic rings. The Kier molecular flexibility index (Phi) is 4.09. The second-order valence-corrected chi connectivity index (χ2v) is 3.61. The van der Waals surface area contributed by atoms with E-state index >= 15 is 0 Å². The summed E-state index contributed by atoms with van der Waals surface area (Å²) >= 11 is 0. The van der Waals surface area contributed by atoms with Gasteiger partial charge in [-0.2, -0.15) is 13.2 Å². The van der Waals surface area contributed by atoms with Gasteiger partial charge in [-0.1, -0.05) is 13.8 Å². The molecule has 1 atom stereocenters. The molecule has 0 saturated heterocycles. The molecule has 6 heteroatoms. The van der Waals surface area contributed by atoms with Gasteiger partial charge in [0.1, 0.15) is 18.7 Å². The Morgan fingerprint density at radius 2 is 2.06 bits per heavy atom. The molecule has 0 fully saturated rings. The molecule has 0 aliphatic rings. The van der Waals surface area contributed by atoms with Crippen molar-refractivity contribution in [3.05, 3.63) is 18.1 Å². The monoisotopic (exact) mass is 233 g/mol. The first-order valence-electron chi connectivity index (χ1n) is 5.05. The molecule has 16 heavy (non-hydrogen) atoms. The molecule has 1 unspecified atom stereocenters. The van der Waals surface area contributed by atoms with Gasteiger partial charge in [-0.3, -0.25) is 0 Å². The third-order valence-electron chi connectivity index (χ3n) is 2.28. The molecule has 3 nitrogen and oxygen atoms in total. The van der Waals surface area contributed by atoms with E-state index in [0.29, 0.717) is 0 Å². The standard InChI is InChI=1S/C10H14F3N3/c1-3-7(2)8-4-9(16-6-15-8)14-5-10(11,12)13/h4,6-7H,3,5H2,1-2H3,(H,14,15,16). The van der Waals surface area contributed by atoms with E-state index in [1.807, 2.05) is 13.8 Å². The Morgan fingerprint density at radius 1 is 1.38 bits per heavy atom. The van der Waals surface area contributed by atoms with Crippen LogP contribution in [0.15, 0.2) is 12.4 Å². The zero-order valence-corrected chi connectivity index (χ0v) is 9.17. The lowest BCUT2D eigenvalue weighted by atomic mass is 10.1. The highest BCUT2D eigenvalue weighted by Crippen LogP contribution is 2.19. The summed E-state index contributed by atoms with van der Waals surface area (Å²) in [6.45, 7) is 2.88. The van der Waals surface area contributed by atoms with Crippen molar-refractivity contribution in [2.24, 2.45) is 0 Å². The summed E-state index contributed by atoms with van der Waals surface area (Å²) in [6, 6.07) is 1.56. The van der Waals surface area contributed by atoms with Crippen molar-refractivity contribution in [1.82, 2.24) is 9.97 Å². The summed E-state index contributed by atoms with van der Waals surface area (Å²) in [5.41, 5.74) is 0.752. The second-order valence-electron chi connectivity index (χ2n) is 3.61. The summed E-state index contributed by atoms with van der Waals surface area (Å²) in [6.07, 6.45) is -2.07. The number of anilines is 1. The van der Waals surface area contributed by atoms with Crippen LogP contribution in [-0.4, -0.2) is 22.7 Å². The molecule has 90 valence electrons. The van der Waals surface area contributed by atoms with Crippen molar-refractivity contribution in [2.45, 2.75) is 32.4 Å². The second kappa shape index (κ2) is 5.14. The van der Waals surface area contributed by atoms with Gasteiger partial charge in [-0.15, -0.1) is 0 Å². The Balaban J connectivity index is 2.68. The van der Waals surface area contributed by atoms with Gasteiger partial charge in [0, 0.05) is 11.8 Å². The third kappa shape index (κ3) is 4.04. The van der Waals surface area contributed by atoms with Crippen LogP contribution in [0.5, 0.6) is 0 Å². The van der Waals surface area contributed by atoms with Crippen molar-refractivity contribution < 1.29 is 13.2 Å². The molecule has 1 N–H and O–H groups in total. The summed E-state index contributed by atoms with van der Waals surface area (Å²) in [4.78, 5) is 7.76. The van der Waals surface area contributed by atoms with E-state index in [-0.39, 0.29) is 11.7 Å². The lowest BCUT2D eigenvalue weighted by Gasteiger charge is -2.11. The number of hydrogen-bond donors (Lipinski definition) is 1. The highest BCUT2D eigenvalue weighted by molar-refractivity contribution is 5.35. The van der Waals surface area contributed by atoms with Crippen LogP contribution in [0.25, 0.3) is 0 Å². The van der Waals surface area contributed by atoms with Crippen LogP contribution in [0, 0.1) is 0 Å². The molecule has 0 saturated carbocycles. The Bertz CT molecular complexity index is 338. The molecule has 0 aliphatic carbocycles. The minimum absolute atomic E-state index is 0.211. The Morgan fingerprint density at radius 3 is 2.62 bits per heavy atom. The molecular formula is C10H14F3N3. The van der Waals surface area contributed by atoms with Gasteiger partial charge >= 0.3 is 6.18 Å². The fourth-order valence-corrected chi connectivity index (χ4v) is 1.14. The number of hydrogen-bond acceptors (Lipinski definition) is 3. The highest BCUT2D eigenvalue weighted by atomic mass is 19.4. The van der Waals surface area contributed by atoms with Crippen molar-refractivity contribution in [3.8, 4) is 0 Å². The smallest absolute Gasteiger partial charge is 0.361 e. The summed E-state index contributed by atoms with van der Waals surface area (Å²) in [5, 5.41) is 2.23. The van der Waals surface area contributed by atoms with Crippen LogP contribution >= 0.6 is 0 Å². The number of rotatable bonds is 4. The summed E-state index contributed by atoms with van der Waals surface area (Å²) < 4.78 is 35.9. The molecule has 1 heterocycles. The largest absolute Gasteiger partial charge is 0.405 e. The average Bonchev–Trinajstić information content (AvgIpc) is 2.25. The molecule has 0 spiro atoms. The van der Waals surface area contributed by atoms with Crippen LogP contribution in [-0.2, 0) is 0 Å². The van der Waals surface area contributed by atoms with E-state index in [4.69, 9.17) is 0 Å². The van der Waals surface area contributed by atoms with E-state index in [2.05, 4.69) is 15.3 Å². The molecule has 0 aliphatic heterocycles. The van der Waals surface area contributed by atoms with Gasteiger partial charge in [0.15, 0.2) is 0 Å². The normalized spacial score (nSPS) is 13.6. The van der Waals surface area contributed by atoms with Crippen LogP contribution in [0.3, 0.4) is 0 Å². The fraction of sp³-hybridized carbons (Fsp3) is 0.600. The number of alkyl halides is 3. The predicted molar refractivity (Wildman–Crippen MR) is 55.3 cm³/mol. The quantitative estimate of drug-likeness (QED) is 0.868. The molecule has 1 aromatic heterocycles. The summed E-state index contributed by atoms with van der Waals surface area (Å²) in [5.74, 6) is 0.428.